The molecule has 1 amide bonds. The van der Waals surface area contributed by atoms with Crippen LogP contribution >= 0.6 is 0 Å². The number of fused-ring (bicyclic) bond motifs is 1. The Labute approximate surface area is 164 Å². The van der Waals surface area contributed by atoms with E-state index in [9.17, 15) is 4.79 Å². The van der Waals surface area contributed by atoms with Gasteiger partial charge in [0.25, 0.3) is 0 Å². The number of benzene rings is 2. The van der Waals surface area contributed by atoms with Crippen LogP contribution in [0.25, 0.3) is 10.9 Å². The lowest BCUT2D eigenvalue weighted by molar-refractivity contribution is -0.123. The third-order valence-electron chi connectivity index (χ3n) is 5.20. The van der Waals surface area contributed by atoms with E-state index in [0.29, 0.717) is 13.0 Å². The molecule has 2 heterocycles. The highest BCUT2D eigenvalue weighted by Crippen LogP contribution is 2.24. The average Bonchev–Trinajstić information content (AvgIpc) is 3.37. The minimum absolute atomic E-state index is 0.0290. The van der Waals surface area contributed by atoms with Crippen LogP contribution in [0.3, 0.4) is 0 Å². The molecule has 7 heteroatoms. The molecule has 1 aliphatic heterocycles. The fraction of sp³-hybridized carbons (Fsp3) is 0.333. The highest BCUT2D eigenvalue weighted by atomic mass is 16.5. The number of carbonyl (C=O) groups is 1. The van der Waals surface area contributed by atoms with Crippen LogP contribution < -0.4 is 20.9 Å². The van der Waals surface area contributed by atoms with E-state index in [-0.39, 0.29) is 18.0 Å². The number of aryl methyl sites for hydroxylation is 1. The molecule has 1 fully saturated rings. The molecular weight excluding hydrogens is 354 g/mol. The van der Waals surface area contributed by atoms with Gasteiger partial charge in [0.15, 0.2) is 0 Å². The number of nitrogens with zero attached hydrogens (tertiary/aromatic N) is 2. The number of para-hydroxylation sites is 1. The molecule has 2 unspecified atom stereocenters. The first-order valence-corrected chi connectivity index (χ1v) is 9.56. The number of hydrogen-bond acceptors (Lipinski definition) is 5. The maximum Gasteiger partial charge on any atom is 0.238 e. The summed E-state index contributed by atoms with van der Waals surface area (Å²) in [6, 6.07) is 15.8. The highest BCUT2D eigenvalue weighted by Gasteiger charge is 2.30. The molecule has 0 bridgehead atoms. The van der Waals surface area contributed by atoms with E-state index in [4.69, 9.17) is 4.74 Å². The van der Waals surface area contributed by atoms with Gasteiger partial charge >= 0.3 is 0 Å². The molecule has 4 rings (SSSR count). The summed E-state index contributed by atoms with van der Waals surface area (Å²) in [4.78, 5) is 12.6. The van der Waals surface area contributed by atoms with Crippen molar-refractivity contribution in [2.45, 2.75) is 38.5 Å². The van der Waals surface area contributed by atoms with Crippen molar-refractivity contribution in [1.82, 2.24) is 25.9 Å². The first-order valence-electron chi connectivity index (χ1n) is 9.56. The second-order valence-electron chi connectivity index (χ2n) is 6.90. The summed E-state index contributed by atoms with van der Waals surface area (Å²) in [5, 5.41) is 8.74. The van der Waals surface area contributed by atoms with E-state index in [1.807, 2.05) is 47.1 Å². The van der Waals surface area contributed by atoms with Crippen LogP contribution in [-0.4, -0.2) is 28.8 Å². The van der Waals surface area contributed by atoms with Gasteiger partial charge in [-0.05, 0) is 37.1 Å². The number of rotatable bonds is 6. The number of amides is 1. The minimum atomic E-state index is -0.286. The van der Waals surface area contributed by atoms with Gasteiger partial charge < -0.3 is 10.1 Å². The van der Waals surface area contributed by atoms with Gasteiger partial charge in [-0.25, -0.2) is 10.9 Å². The molecule has 2 atom stereocenters. The van der Waals surface area contributed by atoms with Crippen molar-refractivity contribution >= 4 is 16.8 Å². The monoisotopic (exact) mass is 379 g/mol. The van der Waals surface area contributed by atoms with Crippen LogP contribution in [-0.2, 0) is 17.9 Å². The van der Waals surface area contributed by atoms with Crippen molar-refractivity contribution in [3.8, 4) is 5.75 Å². The maximum atomic E-state index is 12.6. The third kappa shape index (κ3) is 3.58. The Bertz CT molecular complexity index is 967. The number of hydrogen-bond donors (Lipinski definition) is 3. The SMILES string of the molecule is CCn1nc(CNC(=O)C2CC(c3ccc(OC)cc3)NN2)c2ccccc21. The minimum Gasteiger partial charge on any atom is -0.497 e. The van der Waals surface area contributed by atoms with Crippen molar-refractivity contribution in [3.05, 3.63) is 59.8 Å². The summed E-state index contributed by atoms with van der Waals surface area (Å²) in [7, 11) is 1.65. The van der Waals surface area contributed by atoms with Gasteiger partial charge in [0.05, 0.1) is 24.9 Å². The number of carbonyl (C=O) groups excluding carboxylic acids is 1. The van der Waals surface area contributed by atoms with Crippen molar-refractivity contribution < 1.29 is 9.53 Å². The first-order chi connectivity index (χ1) is 13.7. The molecule has 1 aromatic heterocycles. The van der Waals surface area contributed by atoms with Crippen molar-refractivity contribution in [2.24, 2.45) is 0 Å². The van der Waals surface area contributed by atoms with Crippen molar-refractivity contribution in [3.63, 3.8) is 0 Å². The van der Waals surface area contributed by atoms with Crippen molar-refractivity contribution in [1.29, 1.82) is 0 Å². The Hall–Kier alpha value is -2.90. The van der Waals surface area contributed by atoms with Gasteiger partial charge in [0, 0.05) is 18.0 Å². The number of hydrazine groups is 1. The molecular formula is C21H25N5O2. The molecule has 0 aliphatic carbocycles. The lowest BCUT2D eigenvalue weighted by atomic mass is 10.0. The van der Waals surface area contributed by atoms with Crippen LogP contribution in [0.1, 0.15) is 30.6 Å². The second kappa shape index (κ2) is 8.00. The third-order valence-corrected chi connectivity index (χ3v) is 5.20. The van der Waals surface area contributed by atoms with Gasteiger partial charge in [-0.2, -0.15) is 5.10 Å². The van der Waals surface area contributed by atoms with Gasteiger partial charge in [-0.1, -0.05) is 30.3 Å². The smallest absolute Gasteiger partial charge is 0.238 e. The number of methoxy groups -OCH3 is 1. The molecule has 7 nitrogen and oxygen atoms in total. The summed E-state index contributed by atoms with van der Waals surface area (Å²) in [6.07, 6.45) is 0.683. The van der Waals surface area contributed by atoms with Crippen LogP contribution in [0.15, 0.2) is 48.5 Å². The van der Waals surface area contributed by atoms with E-state index >= 15 is 0 Å². The molecule has 146 valence electrons. The summed E-state index contributed by atoms with van der Waals surface area (Å²) >= 11 is 0. The zero-order valence-corrected chi connectivity index (χ0v) is 16.1. The zero-order valence-electron chi connectivity index (χ0n) is 16.1. The quantitative estimate of drug-likeness (QED) is 0.612. The maximum absolute atomic E-state index is 12.6. The Morgan fingerprint density at radius 2 is 2.00 bits per heavy atom. The number of aromatic nitrogens is 2. The molecule has 1 saturated heterocycles. The van der Waals surface area contributed by atoms with Crippen molar-refractivity contribution in [2.75, 3.05) is 7.11 Å². The molecule has 1 aliphatic rings. The van der Waals surface area contributed by atoms with Crippen LogP contribution in [0.5, 0.6) is 5.75 Å². The zero-order chi connectivity index (χ0) is 19.5. The van der Waals surface area contributed by atoms with Gasteiger partial charge in [0.1, 0.15) is 11.8 Å². The molecule has 3 N–H and O–H groups in total. The van der Waals surface area contributed by atoms with E-state index in [1.165, 1.54) is 0 Å². The summed E-state index contributed by atoms with van der Waals surface area (Å²) < 4.78 is 7.16. The summed E-state index contributed by atoms with van der Waals surface area (Å²) in [5.41, 5.74) is 9.42. The van der Waals surface area contributed by atoms with E-state index in [1.54, 1.807) is 7.11 Å². The van der Waals surface area contributed by atoms with E-state index < -0.39 is 0 Å². The lowest BCUT2D eigenvalue weighted by Gasteiger charge is -2.11. The normalized spacial score (nSPS) is 19.1. The fourth-order valence-corrected chi connectivity index (χ4v) is 3.64. The van der Waals surface area contributed by atoms with E-state index in [0.717, 1.165) is 34.5 Å². The molecule has 3 aromatic rings. The lowest BCUT2D eigenvalue weighted by Crippen LogP contribution is -2.42. The molecule has 0 saturated carbocycles. The van der Waals surface area contributed by atoms with E-state index in [2.05, 4.69) is 34.3 Å². The molecule has 0 radical (unpaired) electrons. The average molecular weight is 379 g/mol. The summed E-state index contributed by atoms with van der Waals surface area (Å²) in [5.74, 6) is 0.793. The second-order valence-corrected chi connectivity index (χ2v) is 6.90. The highest BCUT2D eigenvalue weighted by molar-refractivity contribution is 5.84. The Balaban J connectivity index is 1.38. The molecule has 28 heavy (non-hydrogen) atoms. The summed E-state index contributed by atoms with van der Waals surface area (Å²) in [6.45, 7) is 3.28. The topological polar surface area (TPSA) is 80.2 Å². The van der Waals surface area contributed by atoms with Gasteiger partial charge in [0.2, 0.25) is 5.91 Å². The molecule has 2 aromatic carbocycles. The Morgan fingerprint density at radius 1 is 1.21 bits per heavy atom. The van der Waals surface area contributed by atoms with Crippen LogP contribution in [0.4, 0.5) is 0 Å². The molecule has 0 spiro atoms. The van der Waals surface area contributed by atoms with Crippen LogP contribution in [0, 0.1) is 0 Å². The first kappa shape index (κ1) is 18.5. The van der Waals surface area contributed by atoms with Gasteiger partial charge in [-0.3, -0.25) is 9.48 Å². The predicted molar refractivity (Wildman–Crippen MR) is 108 cm³/mol. The van der Waals surface area contributed by atoms with Crippen LogP contribution in [0.2, 0.25) is 0 Å². The number of ether oxygens (including phenoxy) is 1. The predicted octanol–water partition coefficient (Wildman–Crippen LogP) is 2.29. The Morgan fingerprint density at radius 3 is 2.75 bits per heavy atom. The van der Waals surface area contributed by atoms with Gasteiger partial charge in [-0.15, -0.1) is 0 Å². The fourth-order valence-electron chi connectivity index (χ4n) is 3.64. The largest absolute Gasteiger partial charge is 0.497 e. The standard InChI is InChI=1S/C21H25N5O2/c1-3-26-20-7-5-4-6-16(20)19(25-26)13-22-21(27)18-12-17(23-24-18)14-8-10-15(28-2)11-9-14/h4-11,17-18,23-24H,3,12-13H2,1-2H3,(H,22,27). The Kier molecular flexibility index (Phi) is 5.27. The number of nitrogens with one attached hydrogen (secondary N) is 3.